The second kappa shape index (κ2) is 12.1. The fraction of sp³-hybridized carbons (Fsp3) is 0.160. The molecule has 0 saturated heterocycles. The molecule has 2 N–H and O–H groups in total. The Kier molecular flexibility index (Phi) is 8.90. The first-order valence-corrected chi connectivity index (χ1v) is 11.2. The first kappa shape index (κ1) is 25.1. The van der Waals surface area contributed by atoms with Crippen molar-refractivity contribution in [2.75, 3.05) is 11.9 Å². The largest absolute Gasteiger partial charge is 0.490 e. The molecule has 0 aliphatic carbocycles. The van der Waals surface area contributed by atoms with Crippen molar-refractivity contribution in [2.24, 2.45) is 5.10 Å². The van der Waals surface area contributed by atoms with E-state index in [-0.39, 0.29) is 0 Å². The van der Waals surface area contributed by atoms with Gasteiger partial charge in [0.2, 0.25) is 0 Å². The molecular weight excluding hydrogens is 477 g/mol. The van der Waals surface area contributed by atoms with Gasteiger partial charge in [0.1, 0.15) is 6.61 Å². The van der Waals surface area contributed by atoms with Gasteiger partial charge in [-0.3, -0.25) is 9.59 Å². The summed E-state index contributed by atoms with van der Waals surface area (Å²) in [4.78, 5) is 24.1. The highest BCUT2D eigenvalue weighted by Gasteiger charge is 2.14. The Morgan fingerprint density at radius 2 is 1.68 bits per heavy atom. The van der Waals surface area contributed by atoms with E-state index in [1.807, 2.05) is 38.1 Å². The molecule has 3 rings (SSSR count). The zero-order chi connectivity index (χ0) is 24.5. The molecule has 2 amide bonds. The van der Waals surface area contributed by atoms with Crippen molar-refractivity contribution in [1.29, 1.82) is 0 Å². The summed E-state index contributed by atoms with van der Waals surface area (Å²) in [5.74, 6) is -0.728. The average molecular weight is 500 g/mol. The molecule has 3 aromatic carbocycles. The monoisotopic (exact) mass is 499 g/mol. The second-order valence-corrected chi connectivity index (χ2v) is 8.04. The van der Waals surface area contributed by atoms with Crippen LogP contribution in [0, 0.1) is 6.92 Å². The second-order valence-electron chi connectivity index (χ2n) is 7.17. The predicted octanol–water partition coefficient (Wildman–Crippen LogP) is 5.37. The molecule has 34 heavy (non-hydrogen) atoms. The molecule has 0 saturated carbocycles. The zero-order valence-electron chi connectivity index (χ0n) is 18.6. The van der Waals surface area contributed by atoms with Gasteiger partial charge in [0.05, 0.1) is 12.8 Å². The van der Waals surface area contributed by atoms with Crippen molar-refractivity contribution >= 4 is 46.9 Å². The number of carbonyl (C=O) groups excluding carboxylic acids is 2. The van der Waals surface area contributed by atoms with Gasteiger partial charge in [0, 0.05) is 15.7 Å². The number of benzene rings is 3. The summed E-state index contributed by atoms with van der Waals surface area (Å²) in [5, 5.41) is 6.91. The number of nitrogens with zero attached hydrogens (tertiary/aromatic N) is 1. The van der Waals surface area contributed by atoms with E-state index >= 15 is 0 Å². The van der Waals surface area contributed by atoms with Crippen LogP contribution in [-0.2, 0) is 16.2 Å². The van der Waals surface area contributed by atoms with Gasteiger partial charge in [-0.25, -0.2) is 5.43 Å². The molecule has 3 aromatic rings. The van der Waals surface area contributed by atoms with E-state index in [2.05, 4.69) is 15.8 Å². The van der Waals surface area contributed by atoms with Gasteiger partial charge in [-0.1, -0.05) is 47.5 Å². The van der Waals surface area contributed by atoms with Crippen molar-refractivity contribution in [3.05, 3.63) is 87.4 Å². The Morgan fingerprint density at radius 1 is 0.941 bits per heavy atom. The van der Waals surface area contributed by atoms with Gasteiger partial charge >= 0.3 is 11.8 Å². The molecule has 0 unspecified atom stereocenters. The van der Waals surface area contributed by atoms with Crippen LogP contribution >= 0.6 is 23.2 Å². The van der Waals surface area contributed by atoms with E-state index in [1.54, 1.807) is 18.2 Å². The fourth-order valence-corrected chi connectivity index (χ4v) is 3.48. The van der Waals surface area contributed by atoms with Gasteiger partial charge in [-0.2, -0.15) is 5.10 Å². The highest BCUT2D eigenvalue weighted by Crippen LogP contribution is 2.29. The first-order valence-electron chi connectivity index (χ1n) is 10.4. The zero-order valence-corrected chi connectivity index (χ0v) is 20.1. The maximum atomic E-state index is 12.1. The number of halogens is 2. The maximum absolute atomic E-state index is 12.1. The van der Waals surface area contributed by atoms with Crippen LogP contribution in [0.25, 0.3) is 0 Å². The van der Waals surface area contributed by atoms with Crippen molar-refractivity contribution < 1.29 is 19.1 Å². The van der Waals surface area contributed by atoms with Crippen molar-refractivity contribution in [3.63, 3.8) is 0 Å². The van der Waals surface area contributed by atoms with Gasteiger partial charge in [-0.05, 0) is 66.9 Å². The predicted molar refractivity (Wildman–Crippen MR) is 134 cm³/mol. The molecule has 176 valence electrons. The summed E-state index contributed by atoms with van der Waals surface area (Å²) in [7, 11) is 0. The molecule has 0 spiro atoms. The molecule has 0 aromatic heterocycles. The Hall–Kier alpha value is -3.55. The van der Waals surface area contributed by atoms with Crippen molar-refractivity contribution in [3.8, 4) is 11.5 Å². The highest BCUT2D eigenvalue weighted by molar-refractivity contribution is 6.40. The third-order valence-electron chi connectivity index (χ3n) is 4.62. The number of ether oxygens (including phenoxy) is 2. The summed E-state index contributed by atoms with van der Waals surface area (Å²) in [6.45, 7) is 4.76. The van der Waals surface area contributed by atoms with Crippen LogP contribution < -0.4 is 20.2 Å². The number of hydrazone groups is 1. The molecule has 0 bridgehead atoms. The third kappa shape index (κ3) is 7.23. The van der Waals surface area contributed by atoms with Gasteiger partial charge in [0.15, 0.2) is 11.5 Å². The lowest BCUT2D eigenvalue weighted by molar-refractivity contribution is -0.136. The number of aryl methyl sites for hydroxylation is 1. The number of rotatable bonds is 8. The number of anilines is 1. The normalized spacial score (nSPS) is 10.7. The van der Waals surface area contributed by atoms with Crippen LogP contribution in [0.15, 0.2) is 65.8 Å². The van der Waals surface area contributed by atoms with Gasteiger partial charge in [-0.15, -0.1) is 0 Å². The standard InChI is InChI=1S/C25H23Cl2N3O4/c1-3-33-23-10-17(8-9-22(23)34-15-18-7-5-4-6-16(18)2)14-28-30-25(32)24(31)29-21-12-19(26)11-20(27)13-21/h4-14H,3,15H2,1-2H3,(H,29,31)(H,30,32)/b28-14+. The van der Waals surface area contributed by atoms with Gasteiger partial charge < -0.3 is 14.8 Å². The van der Waals surface area contributed by atoms with E-state index < -0.39 is 11.8 Å². The van der Waals surface area contributed by atoms with E-state index in [0.717, 1.165) is 11.1 Å². The van der Waals surface area contributed by atoms with E-state index in [4.69, 9.17) is 32.7 Å². The highest BCUT2D eigenvalue weighted by atomic mass is 35.5. The summed E-state index contributed by atoms with van der Waals surface area (Å²) >= 11 is 11.8. The molecule has 7 nitrogen and oxygen atoms in total. The van der Waals surface area contributed by atoms with Crippen molar-refractivity contribution in [2.45, 2.75) is 20.5 Å². The average Bonchev–Trinajstić information content (AvgIpc) is 2.79. The summed E-state index contributed by atoms with van der Waals surface area (Å²) in [6.07, 6.45) is 1.40. The molecular formula is C25H23Cl2N3O4. The van der Waals surface area contributed by atoms with Gasteiger partial charge in [0.25, 0.3) is 0 Å². The van der Waals surface area contributed by atoms with Crippen LogP contribution in [0.4, 0.5) is 5.69 Å². The molecule has 0 aliphatic rings. The minimum Gasteiger partial charge on any atom is -0.490 e. The minimum absolute atomic E-state index is 0.296. The van der Waals surface area contributed by atoms with Crippen LogP contribution in [-0.4, -0.2) is 24.6 Å². The SMILES string of the molecule is CCOc1cc(/C=N/NC(=O)C(=O)Nc2cc(Cl)cc(Cl)c2)ccc1OCc1ccccc1C. The Bertz CT molecular complexity index is 1190. The molecule has 0 aliphatic heterocycles. The fourth-order valence-electron chi connectivity index (χ4n) is 2.95. The Balaban J connectivity index is 1.61. The molecule has 0 heterocycles. The molecule has 0 atom stereocenters. The van der Waals surface area contributed by atoms with Crippen LogP contribution in [0.3, 0.4) is 0 Å². The van der Waals surface area contributed by atoms with E-state index in [1.165, 1.54) is 24.4 Å². The number of amides is 2. The summed E-state index contributed by atoms with van der Waals surface area (Å²) in [6, 6.07) is 17.7. The van der Waals surface area contributed by atoms with E-state index in [0.29, 0.717) is 46.0 Å². The van der Waals surface area contributed by atoms with Crippen molar-refractivity contribution in [1.82, 2.24) is 5.43 Å². The van der Waals surface area contributed by atoms with Crippen LogP contribution in [0.5, 0.6) is 11.5 Å². The lowest BCUT2D eigenvalue weighted by atomic mass is 10.1. The summed E-state index contributed by atoms with van der Waals surface area (Å²) in [5.41, 5.74) is 5.34. The molecule has 9 heteroatoms. The number of nitrogens with one attached hydrogen (secondary N) is 2. The van der Waals surface area contributed by atoms with E-state index in [9.17, 15) is 9.59 Å². The Labute approximate surface area is 207 Å². The summed E-state index contributed by atoms with van der Waals surface area (Å²) < 4.78 is 11.6. The lowest BCUT2D eigenvalue weighted by Crippen LogP contribution is -2.32. The Morgan fingerprint density at radius 3 is 2.38 bits per heavy atom. The third-order valence-corrected chi connectivity index (χ3v) is 5.05. The van der Waals surface area contributed by atoms with Crippen LogP contribution in [0.1, 0.15) is 23.6 Å². The lowest BCUT2D eigenvalue weighted by Gasteiger charge is -2.13. The quantitative estimate of drug-likeness (QED) is 0.247. The topological polar surface area (TPSA) is 89.0 Å². The number of hydrogen-bond donors (Lipinski definition) is 2. The molecule has 0 fully saturated rings. The molecule has 0 radical (unpaired) electrons. The number of hydrogen-bond acceptors (Lipinski definition) is 5. The maximum Gasteiger partial charge on any atom is 0.329 e. The van der Waals surface area contributed by atoms with Crippen LogP contribution in [0.2, 0.25) is 10.0 Å². The smallest absolute Gasteiger partial charge is 0.329 e. The minimum atomic E-state index is -0.949. The number of carbonyl (C=O) groups is 2. The first-order chi connectivity index (χ1) is 16.4.